The Morgan fingerprint density at radius 3 is 2.52 bits per heavy atom. The molecule has 6 heteroatoms. The van der Waals surface area contributed by atoms with E-state index in [0.717, 1.165) is 44.9 Å². The van der Waals surface area contributed by atoms with Gasteiger partial charge in [-0.1, -0.05) is 6.42 Å². The van der Waals surface area contributed by atoms with Gasteiger partial charge in [-0.15, -0.1) is 0 Å². The topological polar surface area (TPSA) is 58.6 Å². The first kappa shape index (κ1) is 15.7. The van der Waals surface area contributed by atoms with Crippen LogP contribution in [0.1, 0.15) is 38.5 Å². The summed E-state index contributed by atoms with van der Waals surface area (Å²) >= 11 is 0. The number of piperidine rings is 1. The van der Waals surface area contributed by atoms with Crippen LogP contribution in [0.3, 0.4) is 0 Å². The third-order valence-corrected chi connectivity index (χ3v) is 6.43. The summed E-state index contributed by atoms with van der Waals surface area (Å²) in [5.74, 6) is 0.915. The molecular weight excluding hydrogens is 288 g/mol. The molecule has 0 aromatic carbocycles. The maximum atomic E-state index is 11.6. The summed E-state index contributed by atoms with van der Waals surface area (Å²) < 4.78 is 31.6. The SMILES string of the molecule is CS(=O)(=O)N[C@H]1COCCC12CCN(CC1CCC1)CC2. The van der Waals surface area contributed by atoms with Crippen LogP contribution >= 0.6 is 0 Å². The van der Waals surface area contributed by atoms with Crippen LogP contribution in [0.4, 0.5) is 0 Å². The molecule has 0 unspecified atom stereocenters. The van der Waals surface area contributed by atoms with Gasteiger partial charge in [0.15, 0.2) is 0 Å². The van der Waals surface area contributed by atoms with E-state index in [1.54, 1.807) is 0 Å². The van der Waals surface area contributed by atoms with Gasteiger partial charge in [0.05, 0.1) is 18.9 Å². The minimum atomic E-state index is -3.17. The minimum absolute atomic E-state index is 0.0490. The number of hydrogen-bond acceptors (Lipinski definition) is 4. The second kappa shape index (κ2) is 6.14. The van der Waals surface area contributed by atoms with Crippen molar-refractivity contribution in [2.75, 3.05) is 39.1 Å². The molecule has 122 valence electrons. The Morgan fingerprint density at radius 1 is 1.24 bits per heavy atom. The molecule has 3 aliphatic rings. The van der Waals surface area contributed by atoms with Crippen molar-refractivity contribution in [1.29, 1.82) is 0 Å². The zero-order valence-corrected chi connectivity index (χ0v) is 13.8. The third kappa shape index (κ3) is 3.78. The number of nitrogens with one attached hydrogen (secondary N) is 1. The zero-order valence-electron chi connectivity index (χ0n) is 13.0. The molecule has 2 aliphatic heterocycles. The van der Waals surface area contributed by atoms with E-state index in [4.69, 9.17) is 4.74 Å². The molecule has 1 spiro atoms. The van der Waals surface area contributed by atoms with E-state index < -0.39 is 10.0 Å². The molecule has 2 heterocycles. The standard InChI is InChI=1S/C15H28N2O3S/c1-21(18,19)16-14-12-20-10-7-15(14)5-8-17(9-6-15)11-13-3-2-4-13/h13-14,16H,2-12H2,1H3/t14-/m0/s1. The van der Waals surface area contributed by atoms with Crippen molar-refractivity contribution in [1.82, 2.24) is 9.62 Å². The van der Waals surface area contributed by atoms with Crippen molar-refractivity contribution in [2.24, 2.45) is 11.3 Å². The van der Waals surface area contributed by atoms with Crippen molar-refractivity contribution >= 4 is 10.0 Å². The molecule has 5 nitrogen and oxygen atoms in total. The fourth-order valence-corrected chi connectivity index (χ4v) is 4.90. The second-order valence-electron chi connectivity index (χ2n) is 7.23. The van der Waals surface area contributed by atoms with E-state index >= 15 is 0 Å². The number of ether oxygens (including phenoxy) is 1. The molecule has 0 bridgehead atoms. The molecule has 3 rings (SSSR count). The lowest BCUT2D eigenvalue weighted by Crippen LogP contribution is -2.57. The number of rotatable bonds is 4. The van der Waals surface area contributed by atoms with Gasteiger partial charge in [0.2, 0.25) is 10.0 Å². The van der Waals surface area contributed by atoms with Crippen LogP contribution in [-0.2, 0) is 14.8 Å². The molecular formula is C15H28N2O3S. The van der Waals surface area contributed by atoms with Crippen LogP contribution < -0.4 is 4.72 Å². The fourth-order valence-electron chi connectivity index (χ4n) is 4.06. The van der Waals surface area contributed by atoms with Gasteiger partial charge >= 0.3 is 0 Å². The zero-order chi connectivity index (χ0) is 14.9. The molecule has 3 fully saturated rings. The third-order valence-electron chi connectivity index (χ3n) is 5.72. The molecule has 0 amide bonds. The van der Waals surface area contributed by atoms with E-state index in [1.807, 2.05) is 0 Å². The molecule has 1 N–H and O–H groups in total. The molecule has 0 radical (unpaired) electrons. The molecule has 1 aliphatic carbocycles. The first-order valence-electron chi connectivity index (χ1n) is 8.24. The normalized spacial score (nSPS) is 31.2. The Hall–Kier alpha value is -0.170. The first-order valence-corrected chi connectivity index (χ1v) is 10.1. The highest BCUT2D eigenvalue weighted by atomic mass is 32.2. The highest BCUT2D eigenvalue weighted by Crippen LogP contribution is 2.41. The lowest BCUT2D eigenvalue weighted by atomic mass is 9.69. The summed E-state index contributed by atoms with van der Waals surface area (Å²) in [6.07, 6.45) is 8.62. The monoisotopic (exact) mass is 316 g/mol. The Bertz CT molecular complexity index is 454. The highest BCUT2D eigenvalue weighted by Gasteiger charge is 2.44. The lowest BCUT2D eigenvalue weighted by molar-refractivity contribution is -0.0463. The largest absolute Gasteiger partial charge is 0.380 e. The Labute approximate surface area is 128 Å². The molecule has 2 saturated heterocycles. The van der Waals surface area contributed by atoms with Gasteiger partial charge < -0.3 is 9.64 Å². The van der Waals surface area contributed by atoms with Crippen molar-refractivity contribution in [2.45, 2.75) is 44.6 Å². The summed E-state index contributed by atoms with van der Waals surface area (Å²) in [7, 11) is -3.17. The maximum absolute atomic E-state index is 11.6. The van der Waals surface area contributed by atoms with Gasteiger partial charge in [0.25, 0.3) is 0 Å². The summed E-state index contributed by atoms with van der Waals surface area (Å²) in [5.41, 5.74) is 0.109. The number of nitrogens with zero attached hydrogens (tertiary/aromatic N) is 1. The smallest absolute Gasteiger partial charge is 0.209 e. The second-order valence-corrected chi connectivity index (χ2v) is 9.01. The number of hydrogen-bond donors (Lipinski definition) is 1. The Balaban J connectivity index is 1.59. The number of sulfonamides is 1. The number of likely N-dealkylation sites (tertiary alicyclic amines) is 1. The summed E-state index contributed by atoms with van der Waals surface area (Å²) in [6.45, 7) is 4.76. The van der Waals surface area contributed by atoms with Gasteiger partial charge in [0.1, 0.15) is 0 Å². The van der Waals surface area contributed by atoms with Crippen molar-refractivity contribution < 1.29 is 13.2 Å². The van der Waals surface area contributed by atoms with Crippen LogP contribution in [-0.4, -0.2) is 58.5 Å². The summed E-state index contributed by atoms with van der Waals surface area (Å²) in [4.78, 5) is 2.59. The fraction of sp³-hybridized carbons (Fsp3) is 1.00. The molecule has 0 aromatic rings. The van der Waals surface area contributed by atoms with Gasteiger partial charge in [-0.2, -0.15) is 0 Å². The molecule has 21 heavy (non-hydrogen) atoms. The van der Waals surface area contributed by atoms with E-state index in [9.17, 15) is 8.42 Å². The average molecular weight is 316 g/mol. The van der Waals surface area contributed by atoms with Crippen LogP contribution in [0, 0.1) is 11.3 Å². The summed E-state index contributed by atoms with van der Waals surface area (Å²) in [5, 5.41) is 0. The Kier molecular flexibility index (Phi) is 4.60. The predicted molar refractivity (Wildman–Crippen MR) is 82.7 cm³/mol. The van der Waals surface area contributed by atoms with Gasteiger partial charge in [-0.3, -0.25) is 0 Å². The van der Waals surface area contributed by atoms with Crippen LogP contribution in [0.5, 0.6) is 0 Å². The minimum Gasteiger partial charge on any atom is -0.380 e. The highest BCUT2D eigenvalue weighted by molar-refractivity contribution is 7.88. The predicted octanol–water partition coefficient (Wildman–Crippen LogP) is 1.21. The van der Waals surface area contributed by atoms with Gasteiger partial charge in [-0.25, -0.2) is 13.1 Å². The van der Waals surface area contributed by atoms with Gasteiger partial charge in [0, 0.05) is 13.2 Å². The van der Waals surface area contributed by atoms with Crippen molar-refractivity contribution in [3.63, 3.8) is 0 Å². The van der Waals surface area contributed by atoms with Crippen LogP contribution in [0.15, 0.2) is 0 Å². The van der Waals surface area contributed by atoms with Crippen molar-refractivity contribution in [3.05, 3.63) is 0 Å². The summed E-state index contributed by atoms with van der Waals surface area (Å²) in [6, 6.07) is -0.0490. The van der Waals surface area contributed by atoms with E-state index in [2.05, 4.69) is 9.62 Å². The van der Waals surface area contributed by atoms with E-state index in [1.165, 1.54) is 32.1 Å². The van der Waals surface area contributed by atoms with Crippen LogP contribution in [0.2, 0.25) is 0 Å². The molecule has 1 saturated carbocycles. The van der Waals surface area contributed by atoms with Crippen molar-refractivity contribution in [3.8, 4) is 0 Å². The van der Waals surface area contributed by atoms with Crippen LogP contribution in [0.25, 0.3) is 0 Å². The maximum Gasteiger partial charge on any atom is 0.209 e. The van der Waals surface area contributed by atoms with E-state index in [-0.39, 0.29) is 11.5 Å². The quantitative estimate of drug-likeness (QED) is 0.847. The lowest BCUT2D eigenvalue weighted by Gasteiger charge is -2.49. The van der Waals surface area contributed by atoms with E-state index in [0.29, 0.717) is 6.61 Å². The molecule has 1 atom stereocenters. The van der Waals surface area contributed by atoms with Gasteiger partial charge in [-0.05, 0) is 56.5 Å². The average Bonchev–Trinajstić information content (AvgIpc) is 2.37. The Morgan fingerprint density at radius 2 is 1.95 bits per heavy atom. The molecule has 0 aromatic heterocycles. The first-order chi connectivity index (χ1) is 9.97.